The van der Waals surface area contributed by atoms with Crippen LogP contribution in [0.4, 0.5) is 4.79 Å². The number of fused-ring (bicyclic) bond motifs is 1. The van der Waals surface area contributed by atoms with Gasteiger partial charge in [-0.15, -0.1) is 0 Å². The number of hydrogen-bond acceptors (Lipinski definition) is 7. The number of rotatable bonds is 5. The molecule has 1 amide bonds. The molecule has 2 aliphatic heterocycles. The minimum absolute atomic E-state index is 0.0237. The van der Waals surface area contributed by atoms with Crippen molar-refractivity contribution in [2.75, 3.05) is 19.8 Å². The zero-order chi connectivity index (χ0) is 27.9. The van der Waals surface area contributed by atoms with Crippen LogP contribution >= 0.6 is 0 Å². The van der Waals surface area contributed by atoms with Crippen molar-refractivity contribution in [3.63, 3.8) is 0 Å². The molecule has 8 nitrogen and oxygen atoms in total. The zero-order valence-corrected chi connectivity index (χ0v) is 23.5. The van der Waals surface area contributed by atoms with Gasteiger partial charge in [0.15, 0.2) is 0 Å². The van der Waals surface area contributed by atoms with E-state index in [0.717, 1.165) is 24.8 Å². The van der Waals surface area contributed by atoms with E-state index in [1.54, 1.807) is 26.8 Å². The molecule has 0 radical (unpaired) electrons. The highest BCUT2D eigenvalue weighted by atomic mass is 16.6. The first-order valence-corrected chi connectivity index (χ1v) is 13.8. The third kappa shape index (κ3) is 5.42. The molecule has 2 saturated carbocycles. The van der Waals surface area contributed by atoms with E-state index in [4.69, 9.17) is 14.2 Å². The van der Waals surface area contributed by atoms with Gasteiger partial charge in [-0.3, -0.25) is 4.90 Å². The monoisotopic (exact) mass is 529 g/mol. The molecule has 0 spiro atoms. The van der Waals surface area contributed by atoms with Gasteiger partial charge in [-0.05, 0) is 76.7 Å². The quantitative estimate of drug-likeness (QED) is 0.312. The number of nitrogens with zero attached hydrogens (tertiary/aromatic N) is 1. The maximum absolute atomic E-state index is 13.2. The molecule has 4 aliphatic rings. The number of ether oxygens (including phenoxy) is 3. The van der Waals surface area contributed by atoms with E-state index in [9.17, 15) is 19.5 Å². The van der Waals surface area contributed by atoms with Crippen LogP contribution in [-0.2, 0) is 23.8 Å². The van der Waals surface area contributed by atoms with E-state index in [-0.39, 0.29) is 29.8 Å². The Bertz CT molecular complexity index is 1040. The summed E-state index contributed by atoms with van der Waals surface area (Å²) in [5.74, 6) is -0.665. The number of aliphatic hydroxyl groups is 1. The Morgan fingerprint density at radius 1 is 1.26 bits per heavy atom. The number of allylic oxidation sites excluding steroid dienone is 2. The van der Waals surface area contributed by atoms with Crippen molar-refractivity contribution in [1.82, 2.24) is 4.90 Å². The lowest BCUT2D eigenvalue weighted by Gasteiger charge is -2.59. The van der Waals surface area contributed by atoms with Crippen molar-refractivity contribution in [2.45, 2.75) is 90.9 Å². The average Bonchev–Trinajstić information content (AvgIpc) is 3.48. The van der Waals surface area contributed by atoms with Crippen molar-refractivity contribution < 1.29 is 33.7 Å². The minimum Gasteiger partial charge on any atom is -0.463 e. The van der Waals surface area contributed by atoms with Gasteiger partial charge in [-0.1, -0.05) is 38.2 Å². The Balaban J connectivity index is 1.49. The molecule has 38 heavy (non-hydrogen) atoms. The summed E-state index contributed by atoms with van der Waals surface area (Å²) in [6.45, 7) is 14.8. The summed E-state index contributed by atoms with van der Waals surface area (Å²) in [5.41, 5.74) is 0.147. The van der Waals surface area contributed by atoms with Crippen LogP contribution in [0, 0.1) is 22.7 Å². The number of hydrogen-bond donors (Lipinski definition) is 1. The molecule has 0 aromatic carbocycles. The predicted octanol–water partition coefficient (Wildman–Crippen LogP) is 4.72. The fourth-order valence-electron chi connectivity index (χ4n) is 7.06. The molecule has 4 rings (SSSR count). The molecule has 210 valence electrons. The number of esters is 2. The summed E-state index contributed by atoms with van der Waals surface area (Å²) < 4.78 is 16.4. The lowest BCUT2D eigenvalue weighted by atomic mass is 9.46. The maximum atomic E-state index is 13.2. The Labute approximate surface area is 226 Å². The van der Waals surface area contributed by atoms with Crippen molar-refractivity contribution in [1.29, 1.82) is 0 Å². The first kappa shape index (κ1) is 28.4. The molecular weight excluding hydrogens is 486 g/mol. The smallest absolute Gasteiger partial charge is 0.411 e. The fraction of sp³-hybridized carbons (Fsp3) is 0.700. The number of likely N-dealkylation sites (tertiary alicyclic amines) is 1. The third-order valence-electron chi connectivity index (χ3n) is 9.11. The summed E-state index contributed by atoms with van der Waals surface area (Å²) in [7, 11) is 0. The van der Waals surface area contributed by atoms with Crippen molar-refractivity contribution in [3.05, 3.63) is 36.0 Å². The molecule has 1 N–H and O–H groups in total. The number of amides is 1. The Morgan fingerprint density at radius 2 is 2.00 bits per heavy atom. The second-order valence-corrected chi connectivity index (χ2v) is 12.8. The standard InChI is InChI=1S/C30H43NO7/c1-19-9-12-23-29(5,21(19)11-10-20-14-17-36-25(20)33)15-13-24(32)30(23,6)18-37-26(34)22-8-7-16-31(22)27(35)38-28(2,3)4/h10-11,14,21-24,32H,1,7-9,12-13,15-18H2,2-6H3/b11-10+/t21-,22?,23+,24-,29+,30+/m1/s1. The Hall–Kier alpha value is -2.61. The second kappa shape index (κ2) is 10.5. The van der Waals surface area contributed by atoms with E-state index in [0.29, 0.717) is 38.0 Å². The average molecular weight is 530 g/mol. The molecule has 0 bridgehead atoms. The van der Waals surface area contributed by atoms with Gasteiger partial charge >= 0.3 is 18.0 Å². The number of cyclic esters (lactones) is 1. The van der Waals surface area contributed by atoms with Crippen LogP contribution in [0.5, 0.6) is 0 Å². The second-order valence-electron chi connectivity index (χ2n) is 12.8. The number of carbonyl (C=O) groups excluding carboxylic acids is 3. The highest BCUT2D eigenvalue weighted by Crippen LogP contribution is 2.61. The number of carbonyl (C=O) groups is 3. The van der Waals surface area contributed by atoms with E-state index in [1.807, 2.05) is 13.0 Å². The molecule has 8 heteroatoms. The van der Waals surface area contributed by atoms with Crippen LogP contribution in [0.1, 0.15) is 73.1 Å². The summed E-state index contributed by atoms with van der Waals surface area (Å²) in [6, 6.07) is -0.679. The summed E-state index contributed by atoms with van der Waals surface area (Å²) in [5, 5.41) is 11.2. The van der Waals surface area contributed by atoms with Gasteiger partial charge in [0.2, 0.25) is 0 Å². The predicted molar refractivity (Wildman–Crippen MR) is 142 cm³/mol. The van der Waals surface area contributed by atoms with Crippen molar-refractivity contribution in [3.8, 4) is 0 Å². The van der Waals surface area contributed by atoms with E-state index in [2.05, 4.69) is 19.6 Å². The van der Waals surface area contributed by atoms with Crippen LogP contribution in [0.25, 0.3) is 0 Å². The van der Waals surface area contributed by atoms with E-state index in [1.165, 1.54) is 4.90 Å². The molecule has 2 heterocycles. The first-order valence-electron chi connectivity index (χ1n) is 13.8. The van der Waals surface area contributed by atoms with Crippen LogP contribution in [-0.4, -0.2) is 65.5 Å². The lowest BCUT2D eigenvalue weighted by molar-refractivity contribution is -0.175. The molecule has 1 saturated heterocycles. The summed E-state index contributed by atoms with van der Waals surface area (Å²) in [6.07, 6.45) is 8.81. The van der Waals surface area contributed by atoms with Crippen molar-refractivity contribution >= 4 is 18.0 Å². The Kier molecular flexibility index (Phi) is 7.86. The highest BCUT2D eigenvalue weighted by molar-refractivity contribution is 5.93. The molecule has 6 atom stereocenters. The van der Waals surface area contributed by atoms with E-state index < -0.39 is 35.2 Å². The highest BCUT2D eigenvalue weighted by Gasteiger charge is 2.58. The normalized spacial score (nSPS) is 35.6. The topological polar surface area (TPSA) is 102 Å². The maximum Gasteiger partial charge on any atom is 0.411 e. The van der Waals surface area contributed by atoms with Gasteiger partial charge in [0, 0.05) is 17.9 Å². The van der Waals surface area contributed by atoms with Crippen LogP contribution in [0.15, 0.2) is 36.0 Å². The van der Waals surface area contributed by atoms with Gasteiger partial charge in [-0.2, -0.15) is 0 Å². The van der Waals surface area contributed by atoms with Crippen LogP contribution < -0.4 is 0 Å². The Morgan fingerprint density at radius 3 is 2.66 bits per heavy atom. The minimum atomic E-state index is -0.679. The fourth-order valence-corrected chi connectivity index (χ4v) is 7.06. The zero-order valence-electron chi connectivity index (χ0n) is 23.5. The summed E-state index contributed by atoms with van der Waals surface area (Å²) >= 11 is 0. The molecular formula is C30H43NO7. The van der Waals surface area contributed by atoms with Crippen LogP contribution in [0.3, 0.4) is 0 Å². The van der Waals surface area contributed by atoms with Gasteiger partial charge in [0.25, 0.3) is 0 Å². The molecule has 3 fully saturated rings. The molecule has 0 aromatic heterocycles. The van der Waals surface area contributed by atoms with Gasteiger partial charge < -0.3 is 19.3 Å². The SMILES string of the molecule is C=C1CC[C@@H]2[C@](C)(COC(=O)C3CCCN3C(=O)OC(C)(C)C)[C@H](O)CC[C@@]2(C)[C@@H]1/C=C/C1=CCOC1=O. The molecule has 2 aliphatic carbocycles. The first-order chi connectivity index (χ1) is 17.8. The molecule has 1 unspecified atom stereocenters. The van der Waals surface area contributed by atoms with E-state index >= 15 is 0 Å². The van der Waals surface area contributed by atoms with Crippen molar-refractivity contribution in [2.24, 2.45) is 22.7 Å². The molecule has 0 aromatic rings. The van der Waals surface area contributed by atoms with Gasteiger partial charge in [-0.25, -0.2) is 14.4 Å². The third-order valence-corrected chi connectivity index (χ3v) is 9.11. The summed E-state index contributed by atoms with van der Waals surface area (Å²) in [4.78, 5) is 39.3. The van der Waals surface area contributed by atoms with Gasteiger partial charge in [0.05, 0.1) is 18.3 Å². The van der Waals surface area contributed by atoms with Gasteiger partial charge in [0.1, 0.15) is 18.2 Å². The lowest BCUT2D eigenvalue weighted by Crippen LogP contribution is -2.58. The van der Waals surface area contributed by atoms with Crippen LogP contribution in [0.2, 0.25) is 0 Å². The largest absolute Gasteiger partial charge is 0.463 e. The number of aliphatic hydroxyl groups excluding tert-OH is 1.